The normalized spacial score (nSPS) is 11.6. The Bertz CT molecular complexity index is 985. The second kappa shape index (κ2) is 9.04. The quantitative estimate of drug-likeness (QED) is 0.342. The van der Waals surface area contributed by atoms with Crippen LogP contribution in [-0.2, 0) is 0 Å². The van der Waals surface area contributed by atoms with Crippen LogP contribution in [0.2, 0.25) is 0 Å². The van der Waals surface area contributed by atoms with E-state index < -0.39 is 6.63 Å². The highest BCUT2D eigenvalue weighted by Crippen LogP contribution is 2.52. The maximum absolute atomic E-state index is 6.75. The second-order valence-corrected chi connectivity index (χ2v) is 12.4. The van der Waals surface area contributed by atoms with Crippen LogP contribution >= 0.6 is 29.1 Å². The van der Waals surface area contributed by atoms with Crippen molar-refractivity contribution in [3.8, 4) is 22.3 Å². The summed E-state index contributed by atoms with van der Waals surface area (Å²) in [7, 11) is 0. The summed E-state index contributed by atoms with van der Waals surface area (Å²) in [5.74, 6) is 0.408. The third-order valence-corrected chi connectivity index (χ3v) is 7.69. The van der Waals surface area contributed by atoms with Gasteiger partial charge in [-0.3, -0.25) is 0 Å². The molecule has 0 atom stereocenters. The molecule has 0 bridgehead atoms. The van der Waals surface area contributed by atoms with Crippen molar-refractivity contribution in [2.24, 2.45) is 0 Å². The Kier molecular flexibility index (Phi) is 7.03. The maximum atomic E-state index is 6.75. The first-order valence-electron chi connectivity index (χ1n) is 10.5. The van der Waals surface area contributed by atoms with Gasteiger partial charge in [-0.05, 0) is 97.5 Å². The van der Waals surface area contributed by atoms with Gasteiger partial charge in [0, 0.05) is 5.30 Å². The van der Waals surface area contributed by atoms with Gasteiger partial charge in [0.15, 0.2) is 0 Å². The van der Waals surface area contributed by atoms with Gasteiger partial charge in [-0.2, -0.15) is 0 Å². The molecule has 3 heteroatoms. The zero-order valence-electron chi connectivity index (χ0n) is 19.2. The van der Waals surface area contributed by atoms with Crippen LogP contribution in [0.1, 0.15) is 58.7 Å². The molecule has 0 aromatic heterocycles. The van der Waals surface area contributed by atoms with Crippen molar-refractivity contribution < 1.29 is 0 Å². The van der Waals surface area contributed by atoms with Crippen molar-refractivity contribution in [2.45, 2.75) is 61.3 Å². The molecule has 0 radical (unpaired) electrons. The molecule has 0 nitrogen and oxygen atoms in total. The average Bonchev–Trinajstić information content (AvgIpc) is 2.59. The fraction of sp³-hybridized carbons (Fsp3) is 0.333. The van der Waals surface area contributed by atoms with E-state index in [1.807, 2.05) is 0 Å². The molecule has 3 rings (SSSR count). The molecule has 3 aromatic carbocycles. The van der Waals surface area contributed by atoms with Crippen LogP contribution in [0, 0.1) is 41.5 Å². The molecule has 0 saturated carbocycles. The Hall–Kier alpha value is -1.33. The highest BCUT2D eigenvalue weighted by Gasteiger charge is 2.24. The molecule has 0 heterocycles. The number of hydrogen-bond acceptors (Lipinski definition) is 0. The predicted molar refractivity (Wildman–Crippen MR) is 138 cm³/mol. The standard InChI is InChI=1S/C27H31Cl2P/c1-15(2)22-13-23(25-18(5)9-16(3)10-19(25)6)27(30(28)29)24(14-22)26-20(7)11-17(4)12-21(26)8/h9-15H,1-8H3. The summed E-state index contributed by atoms with van der Waals surface area (Å²) in [5, 5.41) is 1.07. The van der Waals surface area contributed by atoms with Crippen molar-refractivity contribution in [2.75, 3.05) is 0 Å². The smallest absolute Gasteiger partial charge is 0.0727 e. The Morgan fingerprint density at radius 2 is 0.933 bits per heavy atom. The molecule has 0 aliphatic rings. The van der Waals surface area contributed by atoms with E-state index in [2.05, 4.69) is 91.8 Å². The van der Waals surface area contributed by atoms with E-state index in [4.69, 9.17) is 22.5 Å². The van der Waals surface area contributed by atoms with E-state index in [-0.39, 0.29) is 0 Å². The van der Waals surface area contributed by atoms with Crippen molar-refractivity contribution in [3.05, 3.63) is 75.3 Å². The van der Waals surface area contributed by atoms with Crippen molar-refractivity contribution >= 4 is 34.4 Å². The molecule has 0 aliphatic heterocycles. The monoisotopic (exact) mass is 456 g/mol. The van der Waals surface area contributed by atoms with Crippen LogP contribution < -0.4 is 5.30 Å². The first-order valence-corrected chi connectivity index (χ1v) is 13.6. The van der Waals surface area contributed by atoms with Gasteiger partial charge in [0.25, 0.3) is 0 Å². The number of benzene rings is 3. The number of halogens is 2. The Balaban J connectivity index is 2.50. The lowest BCUT2D eigenvalue weighted by Gasteiger charge is -2.24. The first-order chi connectivity index (χ1) is 14.0. The largest absolute Gasteiger partial charge is 0.118 e. The second-order valence-electron chi connectivity index (χ2n) is 8.90. The third kappa shape index (κ3) is 4.47. The number of aryl methyl sites for hydroxylation is 6. The molecule has 0 amide bonds. The molecule has 0 aliphatic carbocycles. The summed E-state index contributed by atoms with van der Waals surface area (Å²) in [4.78, 5) is 0. The van der Waals surface area contributed by atoms with Crippen LogP contribution in [0.5, 0.6) is 0 Å². The highest BCUT2D eigenvalue weighted by atomic mass is 35.9. The lowest BCUT2D eigenvalue weighted by Crippen LogP contribution is -2.11. The maximum Gasteiger partial charge on any atom is 0.118 e. The van der Waals surface area contributed by atoms with E-state index in [0.717, 1.165) is 5.30 Å². The van der Waals surface area contributed by atoms with E-state index in [0.29, 0.717) is 5.92 Å². The Labute approximate surface area is 193 Å². The number of hydrogen-bond donors (Lipinski definition) is 0. The zero-order valence-corrected chi connectivity index (χ0v) is 21.7. The molecule has 3 aromatic rings. The first kappa shape index (κ1) is 23.3. The topological polar surface area (TPSA) is 0 Å². The van der Waals surface area contributed by atoms with Crippen LogP contribution in [0.15, 0.2) is 36.4 Å². The minimum Gasteiger partial charge on any atom is -0.0727 e. The summed E-state index contributed by atoms with van der Waals surface area (Å²) in [6.07, 6.45) is 0. The Morgan fingerprint density at radius 1 is 0.600 bits per heavy atom. The minimum atomic E-state index is -1.34. The van der Waals surface area contributed by atoms with Crippen LogP contribution in [0.25, 0.3) is 22.3 Å². The van der Waals surface area contributed by atoms with Gasteiger partial charge in [0.2, 0.25) is 0 Å². The van der Waals surface area contributed by atoms with Gasteiger partial charge in [-0.1, -0.05) is 83.9 Å². The zero-order chi connectivity index (χ0) is 22.3. The molecular weight excluding hydrogens is 426 g/mol. The van der Waals surface area contributed by atoms with Gasteiger partial charge in [-0.15, -0.1) is 0 Å². The third-order valence-electron chi connectivity index (χ3n) is 5.86. The van der Waals surface area contributed by atoms with Crippen LogP contribution in [-0.4, -0.2) is 0 Å². The molecule has 0 N–H and O–H groups in total. The van der Waals surface area contributed by atoms with E-state index in [1.165, 1.54) is 61.2 Å². The minimum absolute atomic E-state index is 0.408. The fourth-order valence-corrected chi connectivity index (χ4v) is 6.57. The van der Waals surface area contributed by atoms with Gasteiger partial charge in [-0.25, -0.2) is 0 Å². The Morgan fingerprint density at radius 3 is 1.20 bits per heavy atom. The van der Waals surface area contributed by atoms with Gasteiger partial charge >= 0.3 is 0 Å². The lowest BCUT2D eigenvalue weighted by atomic mass is 9.86. The van der Waals surface area contributed by atoms with E-state index >= 15 is 0 Å². The van der Waals surface area contributed by atoms with E-state index in [9.17, 15) is 0 Å². The molecule has 30 heavy (non-hydrogen) atoms. The lowest BCUT2D eigenvalue weighted by molar-refractivity contribution is 0.868. The average molecular weight is 457 g/mol. The van der Waals surface area contributed by atoms with Gasteiger partial charge in [0.1, 0.15) is 6.63 Å². The summed E-state index contributed by atoms with van der Waals surface area (Å²) < 4.78 is 0. The van der Waals surface area contributed by atoms with Gasteiger partial charge in [0.05, 0.1) is 0 Å². The molecule has 0 fully saturated rings. The molecule has 0 spiro atoms. The van der Waals surface area contributed by atoms with E-state index in [1.54, 1.807) is 0 Å². The highest BCUT2D eigenvalue weighted by molar-refractivity contribution is 8.09. The van der Waals surface area contributed by atoms with Crippen LogP contribution in [0.4, 0.5) is 0 Å². The summed E-state index contributed by atoms with van der Waals surface area (Å²) in [6, 6.07) is 13.6. The van der Waals surface area contributed by atoms with Crippen molar-refractivity contribution in [1.82, 2.24) is 0 Å². The fourth-order valence-electron chi connectivity index (χ4n) is 4.76. The number of rotatable bonds is 4. The summed E-state index contributed by atoms with van der Waals surface area (Å²) in [6.45, 7) is 16.2. The van der Waals surface area contributed by atoms with Crippen LogP contribution in [0.3, 0.4) is 0 Å². The van der Waals surface area contributed by atoms with Crippen molar-refractivity contribution in [3.63, 3.8) is 0 Å². The predicted octanol–water partition coefficient (Wildman–Crippen LogP) is 9.41. The molecule has 0 unspecified atom stereocenters. The van der Waals surface area contributed by atoms with Crippen molar-refractivity contribution in [1.29, 1.82) is 0 Å². The molecular formula is C27H31Cl2P. The van der Waals surface area contributed by atoms with Gasteiger partial charge < -0.3 is 0 Å². The summed E-state index contributed by atoms with van der Waals surface area (Å²) >= 11 is 13.5. The molecule has 158 valence electrons. The summed E-state index contributed by atoms with van der Waals surface area (Å²) in [5.41, 5.74) is 13.8. The SMILES string of the molecule is Cc1cc(C)c(-c2cc(C(C)C)cc(-c3c(C)cc(C)cc3C)c2P(Cl)Cl)c(C)c1. The molecule has 0 saturated heterocycles.